The van der Waals surface area contributed by atoms with Gasteiger partial charge >= 0.3 is 0 Å². The lowest BCUT2D eigenvalue weighted by atomic mass is 10.0. The summed E-state index contributed by atoms with van der Waals surface area (Å²) < 4.78 is 5.13. The van der Waals surface area contributed by atoms with Crippen molar-refractivity contribution < 1.29 is 19.7 Å². The van der Waals surface area contributed by atoms with Crippen molar-refractivity contribution >= 4 is 11.6 Å². The van der Waals surface area contributed by atoms with E-state index >= 15 is 0 Å². The number of rotatable bonds is 1. The number of amides is 1. The second-order valence-electron chi connectivity index (χ2n) is 6.77. The lowest BCUT2D eigenvalue weighted by Gasteiger charge is -2.30. The number of hydrogen-bond donors (Lipinski definition) is 2. The first-order valence-corrected chi connectivity index (χ1v) is 8.59. The Morgan fingerprint density at radius 1 is 1.29 bits per heavy atom. The number of carbonyl (C=O) groups excluding carboxylic acids is 1. The van der Waals surface area contributed by atoms with Crippen LogP contribution in [0.3, 0.4) is 0 Å². The number of nitrogens with zero attached hydrogens (tertiary/aromatic N) is 2. The van der Waals surface area contributed by atoms with Crippen molar-refractivity contribution in [3.63, 3.8) is 0 Å². The number of benzene rings is 1. The normalized spacial score (nSPS) is 26.3. The molecule has 24 heavy (non-hydrogen) atoms. The minimum Gasteiger partial charge on any atom is -0.504 e. The molecule has 0 radical (unpaired) electrons. The van der Waals surface area contributed by atoms with Gasteiger partial charge in [0.2, 0.25) is 0 Å². The van der Waals surface area contributed by atoms with Gasteiger partial charge < -0.3 is 24.7 Å². The molecule has 2 aliphatic heterocycles. The molecule has 132 valence electrons. The summed E-state index contributed by atoms with van der Waals surface area (Å²) in [6.45, 7) is 4.71. The Morgan fingerprint density at radius 3 is 2.54 bits per heavy atom. The molecule has 1 saturated heterocycles. The molecule has 3 aliphatic rings. The second-order valence-corrected chi connectivity index (χ2v) is 6.77. The summed E-state index contributed by atoms with van der Waals surface area (Å²) >= 11 is 0. The van der Waals surface area contributed by atoms with Gasteiger partial charge in [0.1, 0.15) is 6.23 Å². The van der Waals surface area contributed by atoms with E-state index in [0.717, 1.165) is 19.3 Å². The molecule has 2 N–H and O–H groups in total. The molecule has 1 aromatic rings. The van der Waals surface area contributed by atoms with Gasteiger partial charge in [0, 0.05) is 19.7 Å². The Kier molecular flexibility index (Phi) is 4.11. The minimum absolute atomic E-state index is 0.0335. The predicted molar refractivity (Wildman–Crippen MR) is 91.5 cm³/mol. The quantitative estimate of drug-likeness (QED) is 0.824. The first-order valence-electron chi connectivity index (χ1n) is 8.59. The van der Waals surface area contributed by atoms with E-state index in [-0.39, 0.29) is 28.9 Å². The van der Waals surface area contributed by atoms with Crippen LogP contribution in [-0.4, -0.2) is 54.0 Å². The summed E-state index contributed by atoms with van der Waals surface area (Å²) in [6.07, 6.45) is 2.35. The Morgan fingerprint density at radius 2 is 1.96 bits per heavy atom. The molecule has 2 atom stereocenters. The molecule has 0 aromatic heterocycles. The van der Waals surface area contributed by atoms with E-state index in [1.807, 2.05) is 13.8 Å². The Labute approximate surface area is 142 Å². The average Bonchev–Trinajstić information content (AvgIpc) is 3.25. The number of aliphatic hydroxyl groups excluding tert-OH is 1. The minimum atomic E-state index is -0.766. The van der Waals surface area contributed by atoms with Crippen LogP contribution in [0.4, 0.5) is 5.69 Å². The highest BCUT2D eigenvalue weighted by Crippen LogP contribution is 2.56. The van der Waals surface area contributed by atoms with Crippen molar-refractivity contribution in [2.45, 2.75) is 45.4 Å². The number of phenolic OH excluding ortho intramolecular Hbond substituents is 1. The first-order chi connectivity index (χ1) is 11.5. The number of ether oxygens (including phenoxy) is 1. The molecule has 1 aromatic carbocycles. The van der Waals surface area contributed by atoms with Crippen LogP contribution in [0.1, 0.15) is 43.5 Å². The molecule has 1 aliphatic carbocycles. The summed E-state index contributed by atoms with van der Waals surface area (Å²) in [7, 11) is 3.21. The van der Waals surface area contributed by atoms with Crippen molar-refractivity contribution in [2.24, 2.45) is 5.41 Å². The SMILES string of the molecule is CC.COc1cc2c(cc1O)N(C)C(O)C1CC3(CC3)CN1C2=O. The van der Waals surface area contributed by atoms with Gasteiger partial charge in [0.15, 0.2) is 11.5 Å². The summed E-state index contributed by atoms with van der Waals surface area (Å²) in [4.78, 5) is 16.4. The molecule has 6 heteroatoms. The molecule has 6 nitrogen and oxygen atoms in total. The molecular formula is C18H26N2O4. The number of aromatic hydroxyl groups is 1. The number of likely N-dealkylation sites (N-methyl/N-ethyl adjacent to an activating group) is 1. The number of aliphatic hydroxyl groups is 1. The van der Waals surface area contributed by atoms with E-state index < -0.39 is 6.23 Å². The molecule has 2 fully saturated rings. The fourth-order valence-electron chi connectivity index (χ4n) is 3.86. The summed E-state index contributed by atoms with van der Waals surface area (Å²) in [5, 5.41) is 20.7. The smallest absolute Gasteiger partial charge is 0.256 e. The lowest BCUT2D eigenvalue weighted by Crippen LogP contribution is -2.47. The van der Waals surface area contributed by atoms with Crippen LogP contribution >= 0.6 is 0 Å². The molecule has 0 bridgehead atoms. The van der Waals surface area contributed by atoms with E-state index in [4.69, 9.17) is 4.74 Å². The molecule has 1 spiro atoms. The van der Waals surface area contributed by atoms with Crippen molar-refractivity contribution in [2.75, 3.05) is 25.6 Å². The molecular weight excluding hydrogens is 308 g/mol. The van der Waals surface area contributed by atoms with Gasteiger partial charge in [-0.25, -0.2) is 0 Å². The van der Waals surface area contributed by atoms with Crippen LogP contribution < -0.4 is 9.64 Å². The van der Waals surface area contributed by atoms with Crippen LogP contribution in [0.5, 0.6) is 11.5 Å². The van der Waals surface area contributed by atoms with E-state index in [0.29, 0.717) is 17.8 Å². The van der Waals surface area contributed by atoms with Crippen LogP contribution in [0, 0.1) is 5.41 Å². The van der Waals surface area contributed by atoms with Crippen molar-refractivity contribution in [1.82, 2.24) is 4.90 Å². The highest BCUT2D eigenvalue weighted by molar-refractivity contribution is 6.02. The topological polar surface area (TPSA) is 73.2 Å². The van der Waals surface area contributed by atoms with Gasteiger partial charge in [0.05, 0.1) is 24.4 Å². The fraction of sp³-hybridized carbons (Fsp3) is 0.611. The third-order valence-electron chi connectivity index (χ3n) is 5.41. The third-order valence-corrected chi connectivity index (χ3v) is 5.41. The molecule has 2 unspecified atom stereocenters. The summed E-state index contributed by atoms with van der Waals surface area (Å²) in [5.74, 6) is 0.146. The molecule has 1 amide bonds. The zero-order valence-electron chi connectivity index (χ0n) is 14.7. The Bertz CT molecular complexity index is 657. The van der Waals surface area contributed by atoms with E-state index in [2.05, 4.69) is 0 Å². The van der Waals surface area contributed by atoms with Crippen LogP contribution in [0.15, 0.2) is 12.1 Å². The predicted octanol–water partition coefficient (Wildman–Crippen LogP) is 2.19. The number of carbonyl (C=O) groups is 1. The zero-order valence-corrected chi connectivity index (χ0v) is 14.7. The van der Waals surface area contributed by atoms with Gasteiger partial charge in [-0.1, -0.05) is 13.8 Å². The average molecular weight is 334 g/mol. The number of anilines is 1. The zero-order chi connectivity index (χ0) is 17.6. The van der Waals surface area contributed by atoms with Crippen LogP contribution in [0.25, 0.3) is 0 Å². The standard InChI is InChI=1S/C16H20N2O4.C2H6/c1-17-10-6-12(19)13(22-2)5-9(10)14(20)18-8-16(3-4-16)7-11(18)15(17)21;1-2/h5-6,11,15,19,21H,3-4,7-8H2,1-2H3;1-2H3. The highest BCUT2D eigenvalue weighted by atomic mass is 16.5. The highest BCUT2D eigenvalue weighted by Gasteiger charge is 2.56. The Balaban J connectivity index is 0.000000815. The number of fused-ring (bicyclic) bond motifs is 2. The molecule has 2 heterocycles. The largest absolute Gasteiger partial charge is 0.504 e. The number of methoxy groups -OCH3 is 1. The number of phenols is 1. The first kappa shape index (κ1) is 16.9. The summed E-state index contributed by atoms with van der Waals surface area (Å²) in [6, 6.07) is 2.86. The van der Waals surface area contributed by atoms with Crippen molar-refractivity contribution in [3.8, 4) is 11.5 Å². The van der Waals surface area contributed by atoms with Gasteiger partial charge in [-0.3, -0.25) is 4.79 Å². The maximum Gasteiger partial charge on any atom is 0.256 e. The molecule has 4 rings (SSSR count). The Hall–Kier alpha value is -1.95. The lowest BCUT2D eigenvalue weighted by molar-refractivity contribution is 0.0526. The van der Waals surface area contributed by atoms with Crippen molar-refractivity contribution in [1.29, 1.82) is 0 Å². The van der Waals surface area contributed by atoms with Gasteiger partial charge in [-0.2, -0.15) is 0 Å². The van der Waals surface area contributed by atoms with Crippen LogP contribution in [-0.2, 0) is 0 Å². The number of hydrogen-bond acceptors (Lipinski definition) is 5. The maximum atomic E-state index is 13.0. The van der Waals surface area contributed by atoms with Gasteiger partial charge in [-0.05, 0) is 30.7 Å². The molecule has 1 saturated carbocycles. The van der Waals surface area contributed by atoms with Crippen LogP contribution in [0.2, 0.25) is 0 Å². The second kappa shape index (κ2) is 5.84. The summed E-state index contributed by atoms with van der Waals surface area (Å²) in [5.41, 5.74) is 1.23. The third kappa shape index (κ3) is 2.40. The maximum absolute atomic E-state index is 13.0. The van der Waals surface area contributed by atoms with Gasteiger partial charge in [-0.15, -0.1) is 0 Å². The van der Waals surface area contributed by atoms with E-state index in [1.54, 1.807) is 22.9 Å². The fourth-order valence-corrected chi connectivity index (χ4v) is 3.86. The monoisotopic (exact) mass is 334 g/mol. The van der Waals surface area contributed by atoms with E-state index in [1.165, 1.54) is 13.2 Å². The van der Waals surface area contributed by atoms with E-state index in [9.17, 15) is 15.0 Å². The van der Waals surface area contributed by atoms with Gasteiger partial charge in [0.25, 0.3) is 5.91 Å². The van der Waals surface area contributed by atoms with Crippen molar-refractivity contribution in [3.05, 3.63) is 17.7 Å².